The van der Waals surface area contributed by atoms with Crippen molar-refractivity contribution in [3.8, 4) is 5.69 Å². The van der Waals surface area contributed by atoms with E-state index in [-0.39, 0.29) is 11.7 Å². The third-order valence-electron chi connectivity index (χ3n) is 4.45. The molecule has 3 aromatic rings. The van der Waals surface area contributed by atoms with Crippen molar-refractivity contribution >= 4 is 40.6 Å². The van der Waals surface area contributed by atoms with Crippen molar-refractivity contribution < 1.29 is 4.79 Å². The predicted octanol–water partition coefficient (Wildman–Crippen LogP) is 3.65. The lowest BCUT2D eigenvalue weighted by Crippen LogP contribution is -2.22. The molecule has 144 valence electrons. The number of para-hydroxylation sites is 1. The average Bonchev–Trinajstić information content (AvgIpc) is 3.39. The number of carbonyl (C=O) groups is 1. The molecular formula is C19H19ClN6OS. The first-order valence-corrected chi connectivity index (χ1v) is 10.4. The maximum atomic E-state index is 12.6. The topological polar surface area (TPSA) is 75.9 Å². The van der Waals surface area contributed by atoms with Gasteiger partial charge in [0.2, 0.25) is 11.1 Å². The van der Waals surface area contributed by atoms with E-state index in [4.69, 9.17) is 11.6 Å². The van der Waals surface area contributed by atoms with Gasteiger partial charge in [0, 0.05) is 18.1 Å². The molecule has 0 unspecified atom stereocenters. The van der Waals surface area contributed by atoms with E-state index in [2.05, 4.69) is 25.7 Å². The maximum Gasteiger partial charge on any atom is 0.234 e. The summed E-state index contributed by atoms with van der Waals surface area (Å²) in [5, 5.41) is 15.9. The van der Waals surface area contributed by atoms with Crippen LogP contribution in [-0.2, 0) is 4.79 Å². The molecule has 0 radical (unpaired) electrons. The second-order valence-corrected chi connectivity index (χ2v) is 7.78. The van der Waals surface area contributed by atoms with Gasteiger partial charge in [0.1, 0.15) is 0 Å². The SMILES string of the molecule is O=C(CSc1nnnn1-c1ccccc1)Nc1cc(Cl)ccc1N1CCCC1. The van der Waals surface area contributed by atoms with Gasteiger partial charge in [0.15, 0.2) is 0 Å². The molecule has 4 rings (SSSR count). The first kappa shape index (κ1) is 18.8. The van der Waals surface area contributed by atoms with Gasteiger partial charge in [-0.1, -0.05) is 41.6 Å². The molecule has 7 nitrogen and oxygen atoms in total. The van der Waals surface area contributed by atoms with E-state index in [9.17, 15) is 4.79 Å². The highest BCUT2D eigenvalue weighted by atomic mass is 35.5. The largest absolute Gasteiger partial charge is 0.370 e. The van der Waals surface area contributed by atoms with E-state index < -0.39 is 0 Å². The molecule has 9 heteroatoms. The van der Waals surface area contributed by atoms with Crippen LogP contribution in [0.15, 0.2) is 53.7 Å². The molecule has 2 aromatic carbocycles. The number of carbonyl (C=O) groups excluding carboxylic acids is 1. The Morgan fingerprint density at radius 1 is 1.14 bits per heavy atom. The van der Waals surface area contributed by atoms with Crippen molar-refractivity contribution in [3.05, 3.63) is 53.6 Å². The van der Waals surface area contributed by atoms with Gasteiger partial charge in [0.25, 0.3) is 0 Å². The Morgan fingerprint density at radius 2 is 1.93 bits per heavy atom. The number of tetrazole rings is 1. The molecule has 0 bridgehead atoms. The van der Waals surface area contributed by atoms with Crippen LogP contribution in [0.4, 0.5) is 11.4 Å². The smallest absolute Gasteiger partial charge is 0.234 e. The quantitative estimate of drug-likeness (QED) is 0.620. The minimum Gasteiger partial charge on any atom is -0.370 e. The monoisotopic (exact) mass is 414 g/mol. The number of anilines is 2. The van der Waals surface area contributed by atoms with Crippen LogP contribution in [0.1, 0.15) is 12.8 Å². The molecule has 0 spiro atoms. The zero-order valence-electron chi connectivity index (χ0n) is 15.1. The molecule has 28 heavy (non-hydrogen) atoms. The Balaban J connectivity index is 1.44. The Morgan fingerprint density at radius 3 is 2.71 bits per heavy atom. The number of nitrogens with one attached hydrogen (secondary N) is 1. The minimum atomic E-state index is -0.129. The van der Waals surface area contributed by atoms with Gasteiger partial charge in [-0.15, -0.1) is 5.10 Å². The molecule has 0 aliphatic carbocycles. The highest BCUT2D eigenvalue weighted by Crippen LogP contribution is 2.31. The molecule has 1 aliphatic rings. The molecule has 1 fully saturated rings. The summed E-state index contributed by atoms with van der Waals surface area (Å²) in [6.45, 7) is 1.98. The first-order chi connectivity index (χ1) is 13.7. The van der Waals surface area contributed by atoms with Gasteiger partial charge >= 0.3 is 0 Å². The van der Waals surface area contributed by atoms with E-state index in [0.717, 1.165) is 43.0 Å². The van der Waals surface area contributed by atoms with Gasteiger partial charge in [-0.25, -0.2) is 0 Å². The van der Waals surface area contributed by atoms with Gasteiger partial charge < -0.3 is 10.2 Å². The third-order valence-corrected chi connectivity index (χ3v) is 5.61. The Hall–Kier alpha value is -2.58. The summed E-state index contributed by atoms with van der Waals surface area (Å²) < 4.78 is 1.62. The van der Waals surface area contributed by atoms with Crippen molar-refractivity contribution in [2.24, 2.45) is 0 Å². The van der Waals surface area contributed by atoms with Gasteiger partial charge in [0.05, 0.1) is 22.8 Å². The van der Waals surface area contributed by atoms with Gasteiger partial charge in [-0.05, 0) is 53.6 Å². The van der Waals surface area contributed by atoms with E-state index >= 15 is 0 Å². The lowest BCUT2D eigenvalue weighted by atomic mass is 10.2. The fraction of sp³-hybridized carbons (Fsp3) is 0.263. The number of halogens is 1. The molecule has 0 saturated carbocycles. The van der Waals surface area contributed by atoms with Crippen LogP contribution in [0.3, 0.4) is 0 Å². The molecule has 1 aliphatic heterocycles. The Kier molecular flexibility index (Phi) is 5.78. The third kappa shape index (κ3) is 4.28. The van der Waals surface area contributed by atoms with Crippen LogP contribution < -0.4 is 10.2 Å². The summed E-state index contributed by atoms with van der Waals surface area (Å²) >= 11 is 7.44. The second-order valence-electron chi connectivity index (χ2n) is 6.40. The number of nitrogens with zero attached hydrogens (tertiary/aromatic N) is 5. The molecule has 1 saturated heterocycles. The molecule has 0 atom stereocenters. The minimum absolute atomic E-state index is 0.129. The van der Waals surface area contributed by atoms with Crippen molar-refractivity contribution in [1.29, 1.82) is 0 Å². The summed E-state index contributed by atoms with van der Waals surface area (Å²) in [6, 6.07) is 15.2. The average molecular weight is 415 g/mol. The van der Waals surface area contributed by atoms with Gasteiger partial charge in [-0.3, -0.25) is 4.79 Å². The number of benzene rings is 2. The fourth-order valence-corrected chi connectivity index (χ4v) is 4.02. The summed E-state index contributed by atoms with van der Waals surface area (Å²) in [5.74, 6) is 0.0643. The van der Waals surface area contributed by atoms with E-state index in [1.54, 1.807) is 10.7 Å². The number of hydrogen-bond donors (Lipinski definition) is 1. The predicted molar refractivity (Wildman–Crippen MR) is 111 cm³/mol. The highest BCUT2D eigenvalue weighted by Gasteiger charge is 2.18. The Bertz CT molecular complexity index is 958. The summed E-state index contributed by atoms with van der Waals surface area (Å²) in [4.78, 5) is 14.8. The normalized spacial score (nSPS) is 13.7. The number of thioether (sulfide) groups is 1. The highest BCUT2D eigenvalue weighted by molar-refractivity contribution is 7.99. The fourth-order valence-electron chi connectivity index (χ4n) is 3.16. The lowest BCUT2D eigenvalue weighted by Gasteiger charge is -2.21. The second kappa shape index (κ2) is 8.62. The van der Waals surface area contributed by atoms with Crippen molar-refractivity contribution in [3.63, 3.8) is 0 Å². The molecule has 1 amide bonds. The zero-order chi connectivity index (χ0) is 19.3. The molecule has 1 N–H and O–H groups in total. The van der Waals surface area contributed by atoms with E-state index in [1.165, 1.54) is 11.8 Å². The van der Waals surface area contributed by atoms with Crippen LogP contribution in [0.5, 0.6) is 0 Å². The lowest BCUT2D eigenvalue weighted by molar-refractivity contribution is -0.113. The van der Waals surface area contributed by atoms with E-state index in [0.29, 0.717) is 10.2 Å². The van der Waals surface area contributed by atoms with E-state index in [1.807, 2.05) is 42.5 Å². The molecule has 1 aromatic heterocycles. The standard InChI is InChI=1S/C19H19ClN6OS/c20-14-8-9-17(25-10-4-5-11-25)16(12-14)21-18(27)13-28-19-22-23-24-26(19)15-6-2-1-3-7-15/h1-3,6-9,12H,4-5,10-11,13H2,(H,21,27). The number of hydrogen-bond acceptors (Lipinski definition) is 6. The first-order valence-electron chi connectivity index (χ1n) is 9.02. The summed E-state index contributed by atoms with van der Waals surface area (Å²) in [5.41, 5.74) is 2.60. The number of amides is 1. The molecular weight excluding hydrogens is 396 g/mol. The van der Waals surface area contributed by atoms with Crippen LogP contribution >= 0.6 is 23.4 Å². The van der Waals surface area contributed by atoms with Crippen molar-refractivity contribution in [1.82, 2.24) is 20.2 Å². The van der Waals surface area contributed by atoms with Gasteiger partial charge in [-0.2, -0.15) is 4.68 Å². The van der Waals surface area contributed by atoms with Crippen LogP contribution in [0.25, 0.3) is 5.69 Å². The maximum absolute atomic E-state index is 12.6. The van der Waals surface area contributed by atoms with Crippen molar-refractivity contribution in [2.75, 3.05) is 29.1 Å². The number of aromatic nitrogens is 4. The van der Waals surface area contributed by atoms with Crippen LogP contribution in [-0.4, -0.2) is 45.0 Å². The van der Waals surface area contributed by atoms with Crippen LogP contribution in [0.2, 0.25) is 5.02 Å². The summed E-state index contributed by atoms with van der Waals surface area (Å²) in [7, 11) is 0. The number of rotatable bonds is 6. The zero-order valence-corrected chi connectivity index (χ0v) is 16.7. The summed E-state index contributed by atoms with van der Waals surface area (Å²) in [6.07, 6.45) is 2.32. The Labute approximate surface area is 172 Å². The molecule has 2 heterocycles. The van der Waals surface area contributed by atoms with Crippen molar-refractivity contribution in [2.45, 2.75) is 18.0 Å². The van der Waals surface area contributed by atoms with Crippen LogP contribution in [0, 0.1) is 0 Å².